The standard InChI is InChI=1S/C12H22N4/c1-3-10-5-4-6-16(10)11(7-13)12-8-14-9-15(12)2/h8-11H,3-7,13H2,1-2H3. The van der Waals surface area contributed by atoms with Crippen molar-refractivity contribution in [1.29, 1.82) is 0 Å². The first-order chi connectivity index (χ1) is 7.77. The largest absolute Gasteiger partial charge is 0.336 e. The van der Waals surface area contributed by atoms with E-state index in [4.69, 9.17) is 5.73 Å². The molecule has 0 amide bonds. The summed E-state index contributed by atoms with van der Waals surface area (Å²) in [5, 5.41) is 0. The molecule has 1 fully saturated rings. The summed E-state index contributed by atoms with van der Waals surface area (Å²) in [6.07, 6.45) is 7.63. The van der Waals surface area contributed by atoms with Crippen molar-refractivity contribution < 1.29 is 0 Å². The lowest BCUT2D eigenvalue weighted by atomic mass is 10.1. The average Bonchev–Trinajstić information content (AvgIpc) is 2.90. The van der Waals surface area contributed by atoms with E-state index in [-0.39, 0.29) is 0 Å². The molecule has 2 rings (SSSR count). The molecule has 2 heterocycles. The van der Waals surface area contributed by atoms with Crippen molar-refractivity contribution in [3.8, 4) is 0 Å². The molecule has 90 valence electrons. The highest BCUT2D eigenvalue weighted by Crippen LogP contribution is 2.29. The second-order valence-corrected chi connectivity index (χ2v) is 4.62. The van der Waals surface area contributed by atoms with Crippen molar-refractivity contribution in [2.24, 2.45) is 12.8 Å². The molecule has 0 saturated carbocycles. The van der Waals surface area contributed by atoms with Gasteiger partial charge in [0.25, 0.3) is 0 Å². The van der Waals surface area contributed by atoms with E-state index in [1.54, 1.807) is 0 Å². The van der Waals surface area contributed by atoms with Crippen molar-refractivity contribution in [3.05, 3.63) is 18.2 Å². The van der Waals surface area contributed by atoms with Crippen LogP contribution in [0.1, 0.15) is 37.9 Å². The zero-order valence-electron chi connectivity index (χ0n) is 10.3. The first kappa shape index (κ1) is 11.6. The first-order valence-electron chi connectivity index (χ1n) is 6.20. The number of hydrogen-bond acceptors (Lipinski definition) is 3. The molecule has 1 aromatic heterocycles. The normalized spacial score (nSPS) is 23.8. The van der Waals surface area contributed by atoms with E-state index in [0.29, 0.717) is 18.6 Å². The van der Waals surface area contributed by atoms with Crippen LogP contribution < -0.4 is 5.73 Å². The van der Waals surface area contributed by atoms with Gasteiger partial charge in [-0.15, -0.1) is 0 Å². The number of likely N-dealkylation sites (tertiary alicyclic amines) is 1. The van der Waals surface area contributed by atoms with Crippen LogP contribution in [0.5, 0.6) is 0 Å². The van der Waals surface area contributed by atoms with Crippen LogP contribution in [-0.4, -0.2) is 33.6 Å². The highest BCUT2D eigenvalue weighted by Gasteiger charge is 2.30. The van der Waals surface area contributed by atoms with E-state index in [1.165, 1.54) is 31.5 Å². The molecule has 16 heavy (non-hydrogen) atoms. The number of rotatable bonds is 4. The number of hydrogen-bond donors (Lipinski definition) is 1. The molecule has 2 N–H and O–H groups in total. The van der Waals surface area contributed by atoms with Gasteiger partial charge < -0.3 is 10.3 Å². The Kier molecular flexibility index (Phi) is 3.61. The third kappa shape index (κ3) is 1.99. The maximum atomic E-state index is 5.95. The number of aromatic nitrogens is 2. The molecule has 0 radical (unpaired) electrons. The monoisotopic (exact) mass is 222 g/mol. The fraction of sp³-hybridized carbons (Fsp3) is 0.750. The predicted octanol–water partition coefficient (Wildman–Crippen LogP) is 1.29. The van der Waals surface area contributed by atoms with Gasteiger partial charge in [0.2, 0.25) is 0 Å². The molecular weight excluding hydrogens is 200 g/mol. The summed E-state index contributed by atoms with van der Waals surface area (Å²) in [7, 11) is 2.04. The van der Waals surface area contributed by atoms with Crippen LogP contribution in [0, 0.1) is 0 Å². The van der Waals surface area contributed by atoms with E-state index in [1.807, 2.05) is 19.6 Å². The van der Waals surface area contributed by atoms with Crippen molar-refractivity contribution >= 4 is 0 Å². The van der Waals surface area contributed by atoms with Crippen molar-refractivity contribution in [2.45, 2.75) is 38.3 Å². The molecule has 0 spiro atoms. The lowest BCUT2D eigenvalue weighted by Gasteiger charge is -2.31. The molecule has 4 nitrogen and oxygen atoms in total. The fourth-order valence-corrected chi connectivity index (χ4v) is 2.82. The van der Waals surface area contributed by atoms with Gasteiger partial charge in [0, 0.05) is 25.8 Å². The summed E-state index contributed by atoms with van der Waals surface area (Å²) in [5.74, 6) is 0. The second-order valence-electron chi connectivity index (χ2n) is 4.62. The minimum absolute atomic E-state index is 0.333. The lowest BCUT2D eigenvalue weighted by Crippen LogP contribution is -2.38. The molecule has 2 atom stereocenters. The Morgan fingerprint density at radius 3 is 3.00 bits per heavy atom. The Labute approximate surface area is 97.4 Å². The summed E-state index contributed by atoms with van der Waals surface area (Å²) >= 11 is 0. The Bertz CT molecular complexity index is 334. The quantitative estimate of drug-likeness (QED) is 0.835. The molecule has 1 aliphatic rings. The van der Waals surface area contributed by atoms with Gasteiger partial charge in [-0.25, -0.2) is 4.98 Å². The molecule has 1 saturated heterocycles. The Morgan fingerprint density at radius 1 is 1.62 bits per heavy atom. The smallest absolute Gasteiger partial charge is 0.0946 e. The van der Waals surface area contributed by atoms with E-state index < -0.39 is 0 Å². The summed E-state index contributed by atoms with van der Waals surface area (Å²) in [6, 6.07) is 1.03. The maximum absolute atomic E-state index is 5.95. The topological polar surface area (TPSA) is 47.1 Å². The zero-order chi connectivity index (χ0) is 11.5. The Hall–Kier alpha value is -0.870. The molecule has 1 aliphatic heterocycles. The number of nitrogens with zero attached hydrogens (tertiary/aromatic N) is 3. The molecule has 0 aromatic carbocycles. The highest BCUT2D eigenvalue weighted by molar-refractivity contribution is 5.07. The van der Waals surface area contributed by atoms with Gasteiger partial charge in [-0.1, -0.05) is 6.92 Å². The van der Waals surface area contributed by atoms with E-state index in [2.05, 4.69) is 21.4 Å². The van der Waals surface area contributed by atoms with Gasteiger partial charge in [-0.3, -0.25) is 4.90 Å². The first-order valence-corrected chi connectivity index (χ1v) is 6.20. The summed E-state index contributed by atoms with van der Waals surface area (Å²) in [6.45, 7) is 4.11. The molecule has 1 aromatic rings. The number of imidazole rings is 1. The van der Waals surface area contributed by atoms with Gasteiger partial charge in [-0.05, 0) is 25.8 Å². The van der Waals surface area contributed by atoms with Crippen molar-refractivity contribution in [1.82, 2.24) is 14.5 Å². The van der Waals surface area contributed by atoms with Crippen LogP contribution in [0.15, 0.2) is 12.5 Å². The fourth-order valence-electron chi connectivity index (χ4n) is 2.82. The number of aryl methyl sites for hydroxylation is 1. The SMILES string of the molecule is CCC1CCCN1C(CN)c1cncn1C. The van der Waals surface area contributed by atoms with Crippen molar-refractivity contribution in [2.75, 3.05) is 13.1 Å². The van der Waals surface area contributed by atoms with Crippen LogP contribution in [0.2, 0.25) is 0 Å². The van der Waals surface area contributed by atoms with Gasteiger partial charge in [0.05, 0.1) is 18.1 Å². The van der Waals surface area contributed by atoms with Gasteiger partial charge in [0.15, 0.2) is 0 Å². The summed E-state index contributed by atoms with van der Waals surface area (Å²) in [4.78, 5) is 6.75. The number of nitrogens with two attached hydrogens (primary N) is 1. The zero-order valence-corrected chi connectivity index (χ0v) is 10.3. The van der Waals surface area contributed by atoms with Crippen LogP contribution >= 0.6 is 0 Å². The second kappa shape index (κ2) is 4.97. The summed E-state index contributed by atoms with van der Waals surface area (Å²) < 4.78 is 2.09. The lowest BCUT2D eigenvalue weighted by molar-refractivity contribution is 0.174. The van der Waals surface area contributed by atoms with Crippen LogP contribution in [-0.2, 0) is 7.05 Å². The van der Waals surface area contributed by atoms with E-state index >= 15 is 0 Å². The molecule has 0 bridgehead atoms. The van der Waals surface area contributed by atoms with Crippen molar-refractivity contribution in [3.63, 3.8) is 0 Å². The molecule has 2 unspecified atom stereocenters. The van der Waals surface area contributed by atoms with Gasteiger partial charge in [-0.2, -0.15) is 0 Å². The molecule has 4 heteroatoms. The Balaban J connectivity index is 2.19. The van der Waals surface area contributed by atoms with Crippen LogP contribution in [0.4, 0.5) is 0 Å². The minimum atomic E-state index is 0.333. The van der Waals surface area contributed by atoms with Crippen LogP contribution in [0.3, 0.4) is 0 Å². The van der Waals surface area contributed by atoms with Crippen LogP contribution in [0.25, 0.3) is 0 Å². The predicted molar refractivity (Wildman–Crippen MR) is 65.0 cm³/mol. The van der Waals surface area contributed by atoms with Gasteiger partial charge >= 0.3 is 0 Å². The minimum Gasteiger partial charge on any atom is -0.336 e. The third-order valence-corrected chi connectivity index (χ3v) is 3.71. The average molecular weight is 222 g/mol. The third-order valence-electron chi connectivity index (χ3n) is 3.71. The van der Waals surface area contributed by atoms with Gasteiger partial charge in [0.1, 0.15) is 0 Å². The highest BCUT2D eigenvalue weighted by atomic mass is 15.2. The maximum Gasteiger partial charge on any atom is 0.0946 e. The molecule has 0 aliphatic carbocycles. The molecular formula is C12H22N4. The van der Waals surface area contributed by atoms with E-state index in [0.717, 1.165) is 0 Å². The Morgan fingerprint density at radius 2 is 2.44 bits per heavy atom. The summed E-state index contributed by atoms with van der Waals surface area (Å²) in [5.41, 5.74) is 7.19. The van der Waals surface area contributed by atoms with E-state index in [9.17, 15) is 0 Å².